The highest BCUT2D eigenvalue weighted by Gasteiger charge is 2.39. The van der Waals surface area contributed by atoms with Crippen LogP contribution in [0.25, 0.3) is 11.4 Å². The number of benzene rings is 1. The first-order valence-electron chi connectivity index (χ1n) is 10.3. The number of piperidine rings is 1. The summed E-state index contributed by atoms with van der Waals surface area (Å²) in [6.07, 6.45) is 2.30. The van der Waals surface area contributed by atoms with Crippen LogP contribution in [0.1, 0.15) is 39.8 Å². The zero-order valence-electron chi connectivity index (χ0n) is 17.7. The van der Waals surface area contributed by atoms with E-state index in [0.717, 1.165) is 23.0 Å². The molecular formula is C22H21ClF3N5OS. The Morgan fingerprint density at radius 2 is 2.06 bits per heavy atom. The lowest BCUT2D eigenvalue weighted by Gasteiger charge is -2.38. The molecule has 0 bridgehead atoms. The molecule has 0 saturated carbocycles. The monoisotopic (exact) mass is 495 g/mol. The zero-order chi connectivity index (χ0) is 23.6. The number of carbonyl (C=O) groups excluding carboxylic acids is 1. The lowest BCUT2D eigenvalue weighted by Crippen LogP contribution is -2.47. The molecule has 174 valence electrons. The van der Waals surface area contributed by atoms with Crippen LogP contribution >= 0.6 is 22.9 Å². The number of nitrogens with one attached hydrogen (secondary N) is 1. The number of aromatic nitrogens is 3. The second-order valence-corrected chi connectivity index (χ2v) is 9.17. The van der Waals surface area contributed by atoms with Crippen LogP contribution in [0.3, 0.4) is 0 Å². The normalized spacial score (nSPS) is 17.0. The average Bonchev–Trinajstić information content (AvgIpc) is 3.20. The van der Waals surface area contributed by atoms with Gasteiger partial charge in [-0.05, 0) is 38.1 Å². The molecule has 1 N–H and O–H groups in total. The van der Waals surface area contributed by atoms with Gasteiger partial charge in [0.2, 0.25) is 0 Å². The summed E-state index contributed by atoms with van der Waals surface area (Å²) >= 11 is 7.63. The summed E-state index contributed by atoms with van der Waals surface area (Å²) in [7, 11) is 0. The molecule has 33 heavy (non-hydrogen) atoms. The number of hydrogen-bond acceptors (Lipinski definition) is 6. The molecule has 1 fully saturated rings. The van der Waals surface area contributed by atoms with E-state index in [1.807, 2.05) is 6.92 Å². The number of amides is 1. The van der Waals surface area contributed by atoms with Crippen molar-refractivity contribution < 1.29 is 18.0 Å². The molecule has 3 heterocycles. The molecule has 1 aromatic carbocycles. The minimum atomic E-state index is -2.77. The Morgan fingerprint density at radius 1 is 1.30 bits per heavy atom. The standard InChI is InChI=1S/C22H21ClF3N5OS/c1-13-19(33-12-30-13)18(31-6-2-5-22(25,26)11-31)10-29-21(32)16-7-14(3-4-17(16)23)20-27-8-15(24)9-28-20/h3-4,7-9,12,18H,2,5-6,10-11H2,1H3,(H,29,32). The van der Waals surface area contributed by atoms with E-state index in [2.05, 4.69) is 20.3 Å². The summed E-state index contributed by atoms with van der Waals surface area (Å²) in [5, 5.41) is 3.05. The summed E-state index contributed by atoms with van der Waals surface area (Å²) in [4.78, 5) is 27.6. The molecule has 1 atom stereocenters. The number of carbonyl (C=O) groups is 1. The quantitative estimate of drug-likeness (QED) is 0.526. The molecule has 1 aliphatic heterocycles. The third-order valence-corrected chi connectivity index (χ3v) is 6.86. The van der Waals surface area contributed by atoms with Crippen LogP contribution < -0.4 is 5.32 Å². The Hall–Kier alpha value is -2.56. The first kappa shape index (κ1) is 23.6. The van der Waals surface area contributed by atoms with Gasteiger partial charge in [-0.25, -0.2) is 28.1 Å². The zero-order valence-corrected chi connectivity index (χ0v) is 19.3. The molecular weight excluding hydrogens is 475 g/mol. The number of likely N-dealkylation sites (tertiary alicyclic amines) is 1. The Morgan fingerprint density at radius 3 is 2.73 bits per heavy atom. The number of aryl methyl sites for hydroxylation is 1. The van der Waals surface area contributed by atoms with Crippen LogP contribution in [-0.4, -0.2) is 51.3 Å². The maximum Gasteiger partial charge on any atom is 0.260 e. The first-order chi connectivity index (χ1) is 15.7. The lowest BCUT2D eigenvalue weighted by atomic mass is 10.0. The van der Waals surface area contributed by atoms with Crippen molar-refractivity contribution in [3.8, 4) is 11.4 Å². The first-order valence-corrected chi connectivity index (χ1v) is 11.6. The predicted octanol–water partition coefficient (Wildman–Crippen LogP) is 4.90. The maximum atomic E-state index is 14.1. The minimum Gasteiger partial charge on any atom is -0.350 e. The summed E-state index contributed by atoms with van der Waals surface area (Å²) < 4.78 is 41.4. The molecule has 0 radical (unpaired) electrons. The summed E-state index contributed by atoms with van der Waals surface area (Å²) in [5.41, 5.74) is 3.10. The van der Waals surface area contributed by atoms with E-state index in [4.69, 9.17) is 11.6 Å². The highest BCUT2D eigenvalue weighted by atomic mass is 35.5. The molecule has 0 aliphatic carbocycles. The van der Waals surface area contributed by atoms with Crippen molar-refractivity contribution in [2.24, 2.45) is 0 Å². The SMILES string of the molecule is Cc1ncsc1C(CNC(=O)c1cc(-c2ncc(F)cn2)ccc1Cl)N1CCCC(F)(F)C1. The Bertz CT molecular complexity index is 1140. The molecule has 6 nitrogen and oxygen atoms in total. The van der Waals surface area contributed by atoms with Gasteiger partial charge in [-0.1, -0.05) is 11.6 Å². The van der Waals surface area contributed by atoms with Crippen LogP contribution in [0.4, 0.5) is 13.2 Å². The molecule has 3 aromatic rings. The van der Waals surface area contributed by atoms with E-state index < -0.39 is 23.7 Å². The largest absolute Gasteiger partial charge is 0.350 e. The predicted molar refractivity (Wildman–Crippen MR) is 120 cm³/mol. The van der Waals surface area contributed by atoms with Crippen molar-refractivity contribution in [3.63, 3.8) is 0 Å². The van der Waals surface area contributed by atoms with E-state index >= 15 is 0 Å². The molecule has 4 rings (SSSR count). The number of nitrogens with zero attached hydrogens (tertiary/aromatic N) is 4. The van der Waals surface area contributed by atoms with E-state index in [-0.39, 0.29) is 35.9 Å². The number of alkyl halides is 2. The number of rotatable bonds is 6. The molecule has 11 heteroatoms. The van der Waals surface area contributed by atoms with Crippen LogP contribution in [0.2, 0.25) is 5.02 Å². The van der Waals surface area contributed by atoms with Gasteiger partial charge in [-0.15, -0.1) is 11.3 Å². The van der Waals surface area contributed by atoms with Gasteiger partial charge in [-0.2, -0.15) is 0 Å². The van der Waals surface area contributed by atoms with Crippen molar-refractivity contribution in [2.75, 3.05) is 19.6 Å². The van der Waals surface area contributed by atoms with Gasteiger partial charge in [0.1, 0.15) is 0 Å². The Balaban J connectivity index is 1.55. The fraction of sp³-hybridized carbons (Fsp3) is 0.364. The molecule has 1 aliphatic rings. The van der Waals surface area contributed by atoms with Gasteiger partial charge < -0.3 is 5.32 Å². The maximum absolute atomic E-state index is 14.1. The average molecular weight is 496 g/mol. The van der Waals surface area contributed by atoms with E-state index in [1.54, 1.807) is 16.5 Å². The second kappa shape index (κ2) is 9.74. The van der Waals surface area contributed by atoms with Crippen molar-refractivity contribution in [2.45, 2.75) is 31.7 Å². The molecule has 1 unspecified atom stereocenters. The van der Waals surface area contributed by atoms with Gasteiger partial charge in [0, 0.05) is 23.4 Å². The van der Waals surface area contributed by atoms with Crippen LogP contribution in [0.5, 0.6) is 0 Å². The number of halogens is 4. The topological polar surface area (TPSA) is 71.0 Å². The molecule has 1 saturated heterocycles. The van der Waals surface area contributed by atoms with Gasteiger partial charge in [0.15, 0.2) is 11.6 Å². The fourth-order valence-corrected chi connectivity index (χ4v) is 5.01. The highest BCUT2D eigenvalue weighted by molar-refractivity contribution is 7.09. The van der Waals surface area contributed by atoms with Gasteiger partial charge in [0.25, 0.3) is 11.8 Å². The van der Waals surface area contributed by atoms with Crippen molar-refractivity contribution in [3.05, 3.63) is 63.1 Å². The summed E-state index contributed by atoms with van der Waals surface area (Å²) in [6, 6.07) is 4.25. The van der Waals surface area contributed by atoms with Gasteiger partial charge >= 0.3 is 0 Å². The fourth-order valence-electron chi connectivity index (χ4n) is 3.86. The highest BCUT2D eigenvalue weighted by Crippen LogP contribution is 2.34. The summed E-state index contributed by atoms with van der Waals surface area (Å²) in [5.74, 6) is -3.56. The minimum absolute atomic E-state index is 0.117. The van der Waals surface area contributed by atoms with Gasteiger partial charge in [0.05, 0.1) is 46.8 Å². The van der Waals surface area contributed by atoms with Crippen LogP contribution in [0.15, 0.2) is 36.1 Å². The second-order valence-electron chi connectivity index (χ2n) is 7.88. The number of hydrogen-bond donors (Lipinski definition) is 1. The van der Waals surface area contributed by atoms with Crippen molar-refractivity contribution in [1.82, 2.24) is 25.2 Å². The van der Waals surface area contributed by atoms with Crippen molar-refractivity contribution >= 4 is 28.8 Å². The van der Waals surface area contributed by atoms with E-state index in [0.29, 0.717) is 18.5 Å². The number of thiazole rings is 1. The third-order valence-electron chi connectivity index (χ3n) is 5.49. The smallest absolute Gasteiger partial charge is 0.260 e. The van der Waals surface area contributed by atoms with E-state index in [9.17, 15) is 18.0 Å². The van der Waals surface area contributed by atoms with Crippen LogP contribution in [0, 0.1) is 12.7 Å². The van der Waals surface area contributed by atoms with Gasteiger partial charge in [-0.3, -0.25) is 9.69 Å². The molecule has 1 amide bonds. The third kappa shape index (κ3) is 5.51. The molecule has 2 aromatic heterocycles. The lowest BCUT2D eigenvalue weighted by molar-refractivity contribution is -0.0748. The molecule has 0 spiro atoms. The van der Waals surface area contributed by atoms with Crippen molar-refractivity contribution in [1.29, 1.82) is 0 Å². The van der Waals surface area contributed by atoms with E-state index in [1.165, 1.54) is 23.5 Å². The summed E-state index contributed by atoms with van der Waals surface area (Å²) in [6.45, 7) is 2.08. The Labute approximate surface area is 197 Å². The van der Waals surface area contributed by atoms with Crippen LogP contribution in [-0.2, 0) is 0 Å². The Kier molecular flexibility index (Phi) is 6.96.